The Kier molecular flexibility index (Phi) is 4.60. The number of anilines is 1. The van der Waals surface area contributed by atoms with E-state index in [2.05, 4.69) is 5.32 Å². The molecule has 5 heteroatoms. The van der Waals surface area contributed by atoms with Crippen molar-refractivity contribution in [3.05, 3.63) is 65.5 Å². The number of amides is 1. The summed E-state index contributed by atoms with van der Waals surface area (Å²) in [6.45, 7) is 1.65. The van der Waals surface area contributed by atoms with E-state index >= 15 is 0 Å². The fourth-order valence-corrected chi connectivity index (χ4v) is 2.61. The van der Waals surface area contributed by atoms with E-state index in [4.69, 9.17) is 4.74 Å². The van der Waals surface area contributed by atoms with Crippen LogP contribution in [0.4, 0.5) is 10.1 Å². The Morgan fingerprint density at radius 1 is 1.12 bits per heavy atom. The van der Waals surface area contributed by atoms with Crippen molar-refractivity contribution in [3.8, 4) is 0 Å². The summed E-state index contributed by atoms with van der Waals surface area (Å²) in [7, 11) is 0. The van der Waals surface area contributed by atoms with Crippen molar-refractivity contribution < 1.29 is 18.7 Å². The number of esters is 1. The van der Waals surface area contributed by atoms with Crippen LogP contribution in [0.2, 0.25) is 0 Å². The zero-order valence-corrected chi connectivity index (χ0v) is 13.3. The predicted octanol–water partition coefficient (Wildman–Crippen LogP) is 3.42. The SMILES string of the molecule is Cc1ccc(NC(=O)COC(=O)C2CC2c2ccc(F)cc2)cc1. The van der Waals surface area contributed by atoms with Crippen LogP contribution in [-0.2, 0) is 14.3 Å². The van der Waals surface area contributed by atoms with Crippen LogP contribution in [0.5, 0.6) is 0 Å². The average Bonchev–Trinajstić information content (AvgIpc) is 3.36. The van der Waals surface area contributed by atoms with E-state index in [1.165, 1.54) is 12.1 Å². The van der Waals surface area contributed by atoms with Crippen molar-refractivity contribution in [2.75, 3.05) is 11.9 Å². The molecule has 1 amide bonds. The van der Waals surface area contributed by atoms with Crippen LogP contribution in [0.3, 0.4) is 0 Å². The van der Waals surface area contributed by atoms with Gasteiger partial charge < -0.3 is 10.1 Å². The Morgan fingerprint density at radius 3 is 2.46 bits per heavy atom. The molecule has 2 atom stereocenters. The fourth-order valence-electron chi connectivity index (χ4n) is 2.61. The minimum atomic E-state index is -0.386. The van der Waals surface area contributed by atoms with Gasteiger partial charge in [-0.05, 0) is 49.1 Å². The second-order valence-electron chi connectivity index (χ2n) is 6.02. The number of rotatable bonds is 5. The molecule has 24 heavy (non-hydrogen) atoms. The molecule has 1 saturated carbocycles. The van der Waals surface area contributed by atoms with Crippen LogP contribution in [-0.4, -0.2) is 18.5 Å². The lowest BCUT2D eigenvalue weighted by molar-refractivity contribution is -0.148. The second kappa shape index (κ2) is 6.83. The first-order chi connectivity index (χ1) is 11.5. The highest BCUT2D eigenvalue weighted by atomic mass is 19.1. The van der Waals surface area contributed by atoms with Crippen LogP contribution in [0, 0.1) is 18.7 Å². The van der Waals surface area contributed by atoms with E-state index in [0.29, 0.717) is 12.1 Å². The van der Waals surface area contributed by atoms with Crippen molar-refractivity contribution in [1.82, 2.24) is 0 Å². The van der Waals surface area contributed by atoms with E-state index in [1.54, 1.807) is 24.3 Å². The minimum absolute atomic E-state index is 0.0539. The molecule has 0 aromatic heterocycles. The topological polar surface area (TPSA) is 55.4 Å². The van der Waals surface area contributed by atoms with Crippen LogP contribution >= 0.6 is 0 Å². The summed E-state index contributed by atoms with van der Waals surface area (Å²) < 4.78 is 18.0. The first kappa shape index (κ1) is 16.2. The molecule has 4 nitrogen and oxygen atoms in total. The van der Waals surface area contributed by atoms with Gasteiger partial charge in [0.05, 0.1) is 5.92 Å². The lowest BCUT2D eigenvalue weighted by Gasteiger charge is -2.07. The van der Waals surface area contributed by atoms with Crippen molar-refractivity contribution in [2.24, 2.45) is 5.92 Å². The second-order valence-corrected chi connectivity index (χ2v) is 6.02. The van der Waals surface area contributed by atoms with Gasteiger partial charge in [-0.25, -0.2) is 4.39 Å². The number of aryl methyl sites for hydroxylation is 1. The summed E-state index contributed by atoms with van der Waals surface area (Å²) in [5, 5.41) is 2.68. The number of nitrogens with one attached hydrogen (secondary N) is 1. The molecule has 1 fully saturated rings. The molecule has 0 spiro atoms. The lowest BCUT2D eigenvalue weighted by atomic mass is 10.1. The van der Waals surface area contributed by atoms with Crippen molar-refractivity contribution in [2.45, 2.75) is 19.3 Å². The molecule has 1 N–H and O–H groups in total. The third-order valence-corrected chi connectivity index (χ3v) is 4.07. The summed E-state index contributed by atoms with van der Waals surface area (Å²) in [5.74, 6) is -1.25. The molecule has 0 bridgehead atoms. The number of hydrogen-bond donors (Lipinski definition) is 1. The van der Waals surface area contributed by atoms with Gasteiger partial charge in [0.25, 0.3) is 5.91 Å². The molecule has 0 aliphatic heterocycles. The third-order valence-electron chi connectivity index (χ3n) is 4.07. The van der Waals surface area contributed by atoms with Crippen molar-refractivity contribution in [3.63, 3.8) is 0 Å². The maximum absolute atomic E-state index is 12.9. The molecule has 2 aromatic carbocycles. The van der Waals surface area contributed by atoms with Gasteiger partial charge in [0, 0.05) is 5.69 Å². The van der Waals surface area contributed by atoms with Gasteiger partial charge in [-0.3, -0.25) is 9.59 Å². The average molecular weight is 327 g/mol. The monoisotopic (exact) mass is 327 g/mol. The summed E-state index contributed by atoms with van der Waals surface area (Å²) in [6.07, 6.45) is 0.671. The number of hydrogen-bond acceptors (Lipinski definition) is 3. The van der Waals surface area contributed by atoms with Crippen LogP contribution in [0.25, 0.3) is 0 Å². The normalized spacial score (nSPS) is 18.8. The van der Waals surface area contributed by atoms with Gasteiger partial charge in [-0.1, -0.05) is 29.8 Å². The molecule has 3 rings (SSSR count). The molecule has 124 valence electrons. The summed E-state index contributed by atoms with van der Waals surface area (Å²) in [4.78, 5) is 23.8. The van der Waals surface area contributed by atoms with E-state index in [0.717, 1.165) is 11.1 Å². The van der Waals surface area contributed by atoms with E-state index < -0.39 is 0 Å². The standard InChI is InChI=1S/C19H18FNO3/c1-12-2-8-15(9-3-12)21-18(22)11-24-19(23)17-10-16(17)13-4-6-14(20)7-5-13/h2-9,16-17H,10-11H2,1H3,(H,21,22). The van der Waals surface area contributed by atoms with Gasteiger partial charge in [0.1, 0.15) is 5.82 Å². The Hall–Kier alpha value is -2.69. The zero-order valence-electron chi connectivity index (χ0n) is 13.3. The maximum Gasteiger partial charge on any atom is 0.310 e. The van der Waals surface area contributed by atoms with E-state index in [1.807, 2.05) is 19.1 Å². The number of benzene rings is 2. The Bertz CT molecular complexity index is 740. The molecule has 1 aliphatic rings. The smallest absolute Gasteiger partial charge is 0.310 e. The van der Waals surface area contributed by atoms with Gasteiger partial charge in [-0.15, -0.1) is 0 Å². The molecule has 2 unspecified atom stereocenters. The van der Waals surface area contributed by atoms with Crippen molar-refractivity contribution in [1.29, 1.82) is 0 Å². The molecule has 0 radical (unpaired) electrons. The summed E-state index contributed by atoms with van der Waals surface area (Å²) >= 11 is 0. The fraction of sp³-hybridized carbons (Fsp3) is 0.263. The highest BCUT2D eigenvalue weighted by molar-refractivity contribution is 5.93. The quantitative estimate of drug-likeness (QED) is 0.856. The van der Waals surface area contributed by atoms with Gasteiger partial charge in [0.2, 0.25) is 0 Å². The Labute approximate surface area is 139 Å². The number of halogens is 1. The van der Waals surface area contributed by atoms with Crippen LogP contribution in [0.15, 0.2) is 48.5 Å². The Balaban J connectivity index is 1.45. The summed E-state index contributed by atoms with van der Waals surface area (Å²) in [5.41, 5.74) is 2.68. The molecular weight excluding hydrogens is 309 g/mol. The molecule has 0 saturated heterocycles. The largest absolute Gasteiger partial charge is 0.455 e. The number of carbonyl (C=O) groups excluding carboxylic acids is 2. The van der Waals surface area contributed by atoms with E-state index in [-0.39, 0.29) is 36.1 Å². The first-order valence-electron chi connectivity index (χ1n) is 7.81. The Morgan fingerprint density at radius 2 is 1.79 bits per heavy atom. The van der Waals surface area contributed by atoms with Crippen LogP contribution in [0.1, 0.15) is 23.5 Å². The van der Waals surface area contributed by atoms with Gasteiger partial charge in [-0.2, -0.15) is 0 Å². The van der Waals surface area contributed by atoms with Gasteiger partial charge >= 0.3 is 5.97 Å². The number of carbonyl (C=O) groups is 2. The highest BCUT2D eigenvalue weighted by Crippen LogP contribution is 2.48. The predicted molar refractivity (Wildman–Crippen MR) is 88.0 cm³/mol. The van der Waals surface area contributed by atoms with Crippen molar-refractivity contribution >= 4 is 17.6 Å². The van der Waals surface area contributed by atoms with Crippen LogP contribution < -0.4 is 5.32 Å². The molecular formula is C19H18FNO3. The molecule has 1 aliphatic carbocycles. The maximum atomic E-state index is 12.9. The number of ether oxygens (including phenoxy) is 1. The van der Waals surface area contributed by atoms with Gasteiger partial charge in [0.15, 0.2) is 6.61 Å². The molecule has 0 heterocycles. The zero-order chi connectivity index (χ0) is 17.1. The first-order valence-corrected chi connectivity index (χ1v) is 7.81. The van der Waals surface area contributed by atoms with E-state index in [9.17, 15) is 14.0 Å². The third kappa shape index (κ3) is 3.98. The minimum Gasteiger partial charge on any atom is -0.455 e. The highest BCUT2D eigenvalue weighted by Gasteiger charge is 2.45. The molecule has 2 aromatic rings. The lowest BCUT2D eigenvalue weighted by Crippen LogP contribution is -2.21. The summed E-state index contributed by atoms with van der Waals surface area (Å²) in [6, 6.07) is 13.5.